The van der Waals surface area contributed by atoms with Crippen LogP contribution >= 0.6 is 0 Å². The summed E-state index contributed by atoms with van der Waals surface area (Å²) in [5, 5.41) is 0. The SMILES string of the molecule is O=C(/C=C/C=C/c1ccco1)c1cccc(-n2cccc2)c1. The van der Waals surface area contributed by atoms with Gasteiger partial charge < -0.3 is 8.98 Å². The van der Waals surface area contributed by atoms with Gasteiger partial charge in [0, 0.05) is 23.6 Å². The Bertz CT molecular complexity index is 794. The third-order valence-electron chi connectivity index (χ3n) is 3.20. The van der Waals surface area contributed by atoms with Gasteiger partial charge in [0.15, 0.2) is 5.78 Å². The molecule has 108 valence electrons. The topological polar surface area (TPSA) is 35.1 Å². The zero-order valence-electron chi connectivity index (χ0n) is 11.9. The molecule has 0 spiro atoms. The maximum absolute atomic E-state index is 12.2. The highest BCUT2D eigenvalue weighted by Gasteiger charge is 2.03. The van der Waals surface area contributed by atoms with Gasteiger partial charge in [-0.05, 0) is 48.6 Å². The van der Waals surface area contributed by atoms with E-state index in [1.807, 2.05) is 65.5 Å². The van der Waals surface area contributed by atoms with E-state index >= 15 is 0 Å². The number of hydrogen-bond donors (Lipinski definition) is 0. The summed E-state index contributed by atoms with van der Waals surface area (Å²) in [7, 11) is 0. The number of allylic oxidation sites excluding steroid dienone is 3. The number of furan rings is 1. The molecule has 3 aromatic rings. The fourth-order valence-corrected chi connectivity index (χ4v) is 2.10. The molecule has 2 aromatic heterocycles. The number of aromatic nitrogens is 1. The Hall–Kier alpha value is -3.07. The van der Waals surface area contributed by atoms with Gasteiger partial charge in [0.2, 0.25) is 0 Å². The first-order valence-corrected chi connectivity index (χ1v) is 6.99. The fourth-order valence-electron chi connectivity index (χ4n) is 2.10. The molecule has 1 aromatic carbocycles. The van der Waals surface area contributed by atoms with E-state index in [4.69, 9.17) is 4.42 Å². The van der Waals surface area contributed by atoms with Crippen LogP contribution in [0.25, 0.3) is 11.8 Å². The second-order valence-corrected chi connectivity index (χ2v) is 4.74. The molecule has 3 heteroatoms. The van der Waals surface area contributed by atoms with Gasteiger partial charge >= 0.3 is 0 Å². The maximum Gasteiger partial charge on any atom is 0.185 e. The molecule has 0 amide bonds. The van der Waals surface area contributed by atoms with Crippen LogP contribution in [0.4, 0.5) is 0 Å². The highest BCUT2D eigenvalue weighted by atomic mass is 16.3. The molecule has 22 heavy (non-hydrogen) atoms. The average molecular weight is 289 g/mol. The largest absolute Gasteiger partial charge is 0.465 e. The smallest absolute Gasteiger partial charge is 0.185 e. The van der Waals surface area contributed by atoms with Crippen LogP contribution in [0, 0.1) is 0 Å². The summed E-state index contributed by atoms with van der Waals surface area (Å²) >= 11 is 0. The highest BCUT2D eigenvalue weighted by Crippen LogP contribution is 2.12. The molecule has 0 radical (unpaired) electrons. The van der Waals surface area contributed by atoms with Crippen molar-refractivity contribution in [3.8, 4) is 5.69 Å². The third kappa shape index (κ3) is 3.33. The Morgan fingerprint density at radius 3 is 2.64 bits per heavy atom. The zero-order valence-corrected chi connectivity index (χ0v) is 11.9. The Labute approximate surface area is 128 Å². The van der Waals surface area contributed by atoms with Gasteiger partial charge in [-0.1, -0.05) is 24.3 Å². The summed E-state index contributed by atoms with van der Waals surface area (Å²) in [6, 6.07) is 15.1. The zero-order chi connectivity index (χ0) is 15.2. The first-order valence-electron chi connectivity index (χ1n) is 6.99. The molecule has 2 heterocycles. The Morgan fingerprint density at radius 1 is 1.00 bits per heavy atom. The van der Waals surface area contributed by atoms with Crippen LogP contribution in [-0.2, 0) is 0 Å². The number of carbonyl (C=O) groups excluding carboxylic acids is 1. The molecule has 0 aliphatic carbocycles. The van der Waals surface area contributed by atoms with E-state index in [0.717, 1.165) is 11.4 Å². The van der Waals surface area contributed by atoms with Crippen molar-refractivity contribution < 1.29 is 9.21 Å². The molecule has 0 atom stereocenters. The summed E-state index contributed by atoms with van der Waals surface area (Å²) in [5.41, 5.74) is 1.63. The van der Waals surface area contributed by atoms with Crippen LogP contribution < -0.4 is 0 Å². The number of hydrogen-bond acceptors (Lipinski definition) is 2. The minimum atomic E-state index is -0.0295. The van der Waals surface area contributed by atoms with Crippen LogP contribution in [0.2, 0.25) is 0 Å². The van der Waals surface area contributed by atoms with Crippen LogP contribution in [0.3, 0.4) is 0 Å². The summed E-state index contributed by atoms with van der Waals surface area (Å²) in [6.45, 7) is 0. The third-order valence-corrected chi connectivity index (χ3v) is 3.20. The number of benzene rings is 1. The lowest BCUT2D eigenvalue weighted by Gasteiger charge is -2.04. The molecule has 0 aliphatic heterocycles. The second kappa shape index (κ2) is 6.59. The predicted octanol–water partition coefficient (Wildman–Crippen LogP) is 4.52. The Balaban J connectivity index is 1.71. The monoisotopic (exact) mass is 289 g/mol. The van der Waals surface area contributed by atoms with Crippen LogP contribution in [0.15, 0.2) is 89.8 Å². The number of carbonyl (C=O) groups is 1. The Morgan fingerprint density at radius 2 is 1.86 bits per heavy atom. The average Bonchev–Trinajstić information content (AvgIpc) is 3.24. The van der Waals surface area contributed by atoms with Crippen molar-refractivity contribution in [2.45, 2.75) is 0 Å². The van der Waals surface area contributed by atoms with Crippen molar-refractivity contribution in [1.82, 2.24) is 4.57 Å². The maximum atomic E-state index is 12.2. The molecule has 0 N–H and O–H groups in total. The molecule has 0 saturated heterocycles. The van der Waals surface area contributed by atoms with Crippen LogP contribution in [-0.4, -0.2) is 10.4 Å². The van der Waals surface area contributed by atoms with E-state index in [1.54, 1.807) is 30.6 Å². The standard InChI is InChI=1S/C19H15NO2/c21-19(11-2-1-9-18-10-6-14-22-18)16-7-5-8-17(15-16)20-12-3-4-13-20/h1-15H/b9-1+,11-2+. The van der Waals surface area contributed by atoms with Crippen molar-refractivity contribution in [2.24, 2.45) is 0 Å². The molecule has 0 unspecified atom stereocenters. The van der Waals surface area contributed by atoms with Crippen molar-refractivity contribution in [3.63, 3.8) is 0 Å². The fraction of sp³-hybridized carbons (Fsp3) is 0. The Kier molecular flexibility index (Phi) is 4.16. The molecule has 0 saturated carbocycles. The van der Waals surface area contributed by atoms with E-state index in [2.05, 4.69) is 0 Å². The first kappa shape index (κ1) is 13.9. The van der Waals surface area contributed by atoms with Gasteiger partial charge in [0.1, 0.15) is 5.76 Å². The lowest BCUT2D eigenvalue weighted by Crippen LogP contribution is -1.97. The van der Waals surface area contributed by atoms with Crippen molar-refractivity contribution in [3.05, 3.63) is 96.7 Å². The molecule has 0 bridgehead atoms. The summed E-state index contributed by atoms with van der Waals surface area (Å²) in [6.07, 6.45) is 12.4. The molecular weight excluding hydrogens is 274 g/mol. The van der Waals surface area contributed by atoms with Crippen LogP contribution in [0.5, 0.6) is 0 Å². The molecular formula is C19H15NO2. The van der Waals surface area contributed by atoms with Crippen molar-refractivity contribution in [2.75, 3.05) is 0 Å². The van der Waals surface area contributed by atoms with E-state index in [0.29, 0.717) is 5.56 Å². The number of ketones is 1. The normalized spacial score (nSPS) is 11.5. The predicted molar refractivity (Wildman–Crippen MR) is 87.0 cm³/mol. The minimum Gasteiger partial charge on any atom is -0.465 e. The minimum absolute atomic E-state index is 0.0295. The van der Waals surface area contributed by atoms with Crippen molar-refractivity contribution in [1.29, 1.82) is 0 Å². The lowest BCUT2D eigenvalue weighted by atomic mass is 10.1. The first-order chi connectivity index (χ1) is 10.8. The van der Waals surface area contributed by atoms with Gasteiger partial charge in [0.25, 0.3) is 0 Å². The quantitative estimate of drug-likeness (QED) is 0.393. The van der Waals surface area contributed by atoms with Crippen molar-refractivity contribution >= 4 is 11.9 Å². The van der Waals surface area contributed by atoms with Gasteiger partial charge in [-0.2, -0.15) is 0 Å². The second-order valence-electron chi connectivity index (χ2n) is 4.74. The molecule has 0 fully saturated rings. The number of rotatable bonds is 5. The van der Waals surface area contributed by atoms with Crippen LogP contribution in [0.1, 0.15) is 16.1 Å². The van der Waals surface area contributed by atoms with E-state index < -0.39 is 0 Å². The van der Waals surface area contributed by atoms with E-state index in [9.17, 15) is 4.79 Å². The highest BCUT2D eigenvalue weighted by molar-refractivity contribution is 6.05. The van der Waals surface area contributed by atoms with E-state index in [-0.39, 0.29) is 5.78 Å². The van der Waals surface area contributed by atoms with Gasteiger partial charge in [0.05, 0.1) is 6.26 Å². The summed E-state index contributed by atoms with van der Waals surface area (Å²) in [5.74, 6) is 0.727. The van der Waals surface area contributed by atoms with Gasteiger partial charge in [-0.25, -0.2) is 0 Å². The van der Waals surface area contributed by atoms with E-state index in [1.165, 1.54) is 0 Å². The van der Waals surface area contributed by atoms with Gasteiger partial charge in [-0.3, -0.25) is 4.79 Å². The summed E-state index contributed by atoms with van der Waals surface area (Å²) in [4.78, 5) is 12.2. The molecule has 0 aliphatic rings. The summed E-state index contributed by atoms with van der Waals surface area (Å²) < 4.78 is 7.14. The number of nitrogens with zero attached hydrogens (tertiary/aromatic N) is 1. The van der Waals surface area contributed by atoms with Gasteiger partial charge in [-0.15, -0.1) is 0 Å². The molecule has 3 nitrogen and oxygen atoms in total. The molecule has 3 rings (SSSR count). The lowest BCUT2D eigenvalue weighted by molar-refractivity contribution is 0.104.